The van der Waals surface area contributed by atoms with Crippen LogP contribution in [-0.4, -0.2) is 84.5 Å². The Morgan fingerprint density at radius 2 is 1.40 bits per heavy atom. The van der Waals surface area contributed by atoms with Crippen molar-refractivity contribution in [2.75, 3.05) is 45.9 Å². The van der Waals surface area contributed by atoms with Gasteiger partial charge < -0.3 is 14.5 Å². The maximum atomic E-state index is 13.5. The molecular formula is C37H45Cl2N3O3. The molecule has 240 valence electrons. The van der Waals surface area contributed by atoms with Crippen molar-refractivity contribution in [3.8, 4) is 11.1 Å². The molecule has 0 aromatic heterocycles. The van der Waals surface area contributed by atoms with Gasteiger partial charge in [0.1, 0.15) is 0 Å². The highest BCUT2D eigenvalue weighted by molar-refractivity contribution is 6.36. The summed E-state index contributed by atoms with van der Waals surface area (Å²) in [6, 6.07) is 12.8. The number of amides is 2. The number of hydrogen-bond acceptors (Lipinski definition) is 4. The van der Waals surface area contributed by atoms with Gasteiger partial charge >= 0.3 is 0 Å². The predicted octanol–water partition coefficient (Wildman–Crippen LogP) is 6.81. The minimum Gasteiger partial charge on any atom is -0.381 e. The molecule has 0 spiro atoms. The number of carbonyl (C=O) groups is 2. The van der Waals surface area contributed by atoms with E-state index in [2.05, 4.69) is 9.80 Å². The Balaban J connectivity index is 0.884. The lowest BCUT2D eigenvalue weighted by Crippen LogP contribution is -2.60. The number of nitrogens with zero attached hydrogens (tertiary/aromatic N) is 3. The number of hydrogen-bond donors (Lipinski definition) is 0. The summed E-state index contributed by atoms with van der Waals surface area (Å²) in [7, 11) is 0. The molecular weight excluding hydrogens is 605 g/mol. The smallest absolute Gasteiger partial charge is 0.253 e. The van der Waals surface area contributed by atoms with Crippen LogP contribution in [0.5, 0.6) is 0 Å². The molecule has 2 amide bonds. The number of halogens is 2. The average molecular weight is 651 g/mol. The van der Waals surface area contributed by atoms with Crippen LogP contribution in [0.4, 0.5) is 0 Å². The zero-order valence-corrected chi connectivity index (χ0v) is 27.7. The molecule has 9 rings (SSSR count). The molecule has 4 saturated carbocycles. The first-order valence-corrected chi connectivity index (χ1v) is 18.2. The van der Waals surface area contributed by atoms with Gasteiger partial charge in [0, 0.05) is 79.5 Å². The summed E-state index contributed by atoms with van der Waals surface area (Å²) in [5.74, 6) is 4.02. The quantitative estimate of drug-likeness (QED) is 0.345. The summed E-state index contributed by atoms with van der Waals surface area (Å²) >= 11 is 13.6. The fraction of sp³-hybridized carbons (Fsp3) is 0.622. The number of piperazine rings is 1. The van der Waals surface area contributed by atoms with E-state index in [0.29, 0.717) is 16.5 Å². The summed E-state index contributed by atoms with van der Waals surface area (Å²) in [6.07, 6.45) is 10.5. The molecule has 0 radical (unpaired) electrons. The van der Waals surface area contributed by atoms with Crippen molar-refractivity contribution in [3.63, 3.8) is 0 Å². The van der Waals surface area contributed by atoms with Gasteiger partial charge in [-0.15, -0.1) is 0 Å². The molecule has 45 heavy (non-hydrogen) atoms. The van der Waals surface area contributed by atoms with Gasteiger partial charge in [-0.25, -0.2) is 0 Å². The van der Waals surface area contributed by atoms with E-state index in [1.165, 1.54) is 32.1 Å². The SMILES string of the molecule is O=C(c1ccc(-c2cc(Cl)c(CC3CCN(C4CCOCC4)C3=O)c(Cl)c2)cc1)N1CCN(C2C3CC4CC(C3)CC2C4)CC1. The highest BCUT2D eigenvalue weighted by atomic mass is 35.5. The second-order valence-electron chi connectivity index (χ2n) is 14.8. The van der Waals surface area contributed by atoms with Gasteiger partial charge in [0.05, 0.1) is 0 Å². The zero-order valence-electron chi connectivity index (χ0n) is 26.1. The summed E-state index contributed by atoms with van der Waals surface area (Å²) in [4.78, 5) is 33.5. The summed E-state index contributed by atoms with van der Waals surface area (Å²) in [5, 5.41) is 1.18. The van der Waals surface area contributed by atoms with Crippen molar-refractivity contribution >= 4 is 35.0 Å². The van der Waals surface area contributed by atoms with Gasteiger partial charge in [0.2, 0.25) is 5.91 Å². The van der Waals surface area contributed by atoms with Crippen molar-refractivity contribution in [3.05, 3.63) is 57.6 Å². The highest BCUT2D eigenvalue weighted by Crippen LogP contribution is 2.55. The van der Waals surface area contributed by atoms with Crippen LogP contribution in [0.2, 0.25) is 10.0 Å². The lowest BCUT2D eigenvalue weighted by atomic mass is 9.54. The fourth-order valence-electron chi connectivity index (χ4n) is 10.2. The molecule has 3 saturated heterocycles. The van der Waals surface area contributed by atoms with Crippen molar-refractivity contribution < 1.29 is 14.3 Å². The van der Waals surface area contributed by atoms with Crippen LogP contribution in [0.1, 0.15) is 67.3 Å². The van der Waals surface area contributed by atoms with Crippen LogP contribution < -0.4 is 0 Å². The van der Waals surface area contributed by atoms with Crippen LogP contribution in [0.25, 0.3) is 11.1 Å². The topological polar surface area (TPSA) is 53.1 Å². The third-order valence-electron chi connectivity index (χ3n) is 12.2. The molecule has 4 bridgehead atoms. The Hall–Kier alpha value is -2.12. The van der Waals surface area contributed by atoms with Crippen LogP contribution in [0.3, 0.4) is 0 Å². The zero-order chi connectivity index (χ0) is 30.7. The van der Waals surface area contributed by atoms with E-state index in [9.17, 15) is 9.59 Å². The first-order chi connectivity index (χ1) is 21.9. The maximum Gasteiger partial charge on any atom is 0.253 e. The molecule has 7 aliphatic rings. The number of likely N-dealkylation sites (tertiary alicyclic amines) is 1. The Morgan fingerprint density at radius 1 is 0.778 bits per heavy atom. The lowest BCUT2D eigenvalue weighted by molar-refractivity contribution is -0.134. The van der Waals surface area contributed by atoms with Crippen molar-refractivity contribution in [1.82, 2.24) is 14.7 Å². The standard InChI is InChI=1S/C37H45Cl2N3O3/c38-33-21-28(22-34(39)32(33)20-27-5-8-42(37(27)44)31-6-13-45-14-7-31)25-1-3-26(4-2-25)36(43)41-11-9-40(10-12-41)35-29-16-23-15-24(18-29)19-30(35)17-23/h1-4,21-24,27,29-31,35H,5-20H2. The summed E-state index contributed by atoms with van der Waals surface area (Å²) in [6.45, 7) is 5.88. The molecule has 2 aromatic carbocycles. The lowest BCUT2D eigenvalue weighted by Gasteiger charge is -2.58. The van der Waals surface area contributed by atoms with Crippen molar-refractivity contribution in [2.24, 2.45) is 29.6 Å². The first kappa shape index (κ1) is 30.2. The van der Waals surface area contributed by atoms with Gasteiger partial charge in [-0.2, -0.15) is 0 Å². The Morgan fingerprint density at radius 3 is 2.02 bits per heavy atom. The van der Waals surface area contributed by atoms with E-state index in [0.717, 1.165) is 117 Å². The second-order valence-corrected chi connectivity index (χ2v) is 15.6. The maximum absolute atomic E-state index is 13.5. The predicted molar refractivity (Wildman–Crippen MR) is 178 cm³/mol. The normalized spacial score (nSPS) is 32.1. The third-order valence-corrected chi connectivity index (χ3v) is 12.9. The van der Waals surface area contributed by atoms with Crippen LogP contribution in [-0.2, 0) is 16.0 Å². The van der Waals surface area contributed by atoms with Crippen LogP contribution in [0.15, 0.2) is 36.4 Å². The van der Waals surface area contributed by atoms with Gasteiger partial charge in [0.15, 0.2) is 0 Å². The van der Waals surface area contributed by atoms with Gasteiger partial charge in [-0.3, -0.25) is 14.5 Å². The number of benzene rings is 2. The molecule has 0 N–H and O–H groups in total. The minimum atomic E-state index is -0.0892. The molecule has 3 heterocycles. The summed E-state index contributed by atoms with van der Waals surface area (Å²) in [5.41, 5.74) is 3.45. The third kappa shape index (κ3) is 5.83. The second kappa shape index (κ2) is 12.5. The first-order valence-electron chi connectivity index (χ1n) is 17.4. The van der Waals surface area contributed by atoms with Gasteiger partial charge in [-0.1, -0.05) is 35.3 Å². The molecule has 7 fully saturated rings. The monoisotopic (exact) mass is 649 g/mol. The van der Waals surface area contributed by atoms with Crippen molar-refractivity contribution in [2.45, 2.75) is 69.9 Å². The van der Waals surface area contributed by atoms with Gasteiger partial charge in [0.25, 0.3) is 5.91 Å². The van der Waals surface area contributed by atoms with E-state index >= 15 is 0 Å². The molecule has 4 aliphatic carbocycles. The highest BCUT2D eigenvalue weighted by Gasteiger charge is 2.50. The number of ether oxygens (including phenoxy) is 1. The molecule has 2 aromatic rings. The average Bonchev–Trinajstić information content (AvgIpc) is 3.42. The number of carbonyl (C=O) groups excluding carboxylic acids is 2. The number of rotatable bonds is 6. The molecule has 8 heteroatoms. The molecule has 1 atom stereocenters. The van der Waals surface area contributed by atoms with E-state index in [4.69, 9.17) is 27.9 Å². The van der Waals surface area contributed by atoms with E-state index < -0.39 is 0 Å². The van der Waals surface area contributed by atoms with E-state index in [1.54, 1.807) is 0 Å². The Labute approximate surface area is 277 Å². The Kier molecular flexibility index (Phi) is 8.38. The Bertz CT molecular complexity index is 1380. The molecule has 1 unspecified atom stereocenters. The van der Waals surface area contributed by atoms with Gasteiger partial charge in [-0.05, 0) is 122 Å². The fourth-order valence-corrected chi connectivity index (χ4v) is 10.9. The van der Waals surface area contributed by atoms with Crippen LogP contribution in [0, 0.1) is 29.6 Å². The largest absolute Gasteiger partial charge is 0.381 e. The van der Waals surface area contributed by atoms with Crippen LogP contribution >= 0.6 is 23.2 Å². The van der Waals surface area contributed by atoms with E-state index in [-0.39, 0.29) is 23.8 Å². The van der Waals surface area contributed by atoms with E-state index in [1.807, 2.05) is 41.3 Å². The summed E-state index contributed by atoms with van der Waals surface area (Å²) < 4.78 is 5.49. The molecule has 6 nitrogen and oxygen atoms in total. The molecule has 3 aliphatic heterocycles. The minimum absolute atomic E-state index is 0.0892. The van der Waals surface area contributed by atoms with Crippen molar-refractivity contribution in [1.29, 1.82) is 0 Å².